The first kappa shape index (κ1) is 14.6. The lowest BCUT2D eigenvalue weighted by atomic mass is 9.53. The first-order chi connectivity index (χ1) is 10.7. The molecular formula is C20H28O2. The summed E-state index contributed by atoms with van der Waals surface area (Å²) >= 11 is 0. The Bertz CT molecular complexity index is 567. The Morgan fingerprint density at radius 2 is 2.05 bits per heavy atom. The van der Waals surface area contributed by atoms with Gasteiger partial charge in [0.25, 0.3) is 0 Å². The largest absolute Gasteiger partial charge is 0.508 e. The monoisotopic (exact) mass is 300 g/mol. The van der Waals surface area contributed by atoms with Gasteiger partial charge in [-0.25, -0.2) is 0 Å². The number of hydrogen-bond donors (Lipinski definition) is 2. The third-order valence-corrected chi connectivity index (χ3v) is 7.10. The number of phenols is 1. The predicted octanol–water partition coefficient (Wildman–Crippen LogP) is 4.39. The number of aliphatic hydroxyl groups is 1. The molecule has 0 spiro atoms. The van der Waals surface area contributed by atoms with Crippen LogP contribution in [0.25, 0.3) is 0 Å². The zero-order valence-electron chi connectivity index (χ0n) is 13.6. The number of fused-ring (bicyclic) bond motifs is 5. The molecule has 22 heavy (non-hydrogen) atoms. The van der Waals surface area contributed by atoms with Crippen LogP contribution < -0.4 is 0 Å². The van der Waals surface area contributed by atoms with Gasteiger partial charge in [0.2, 0.25) is 0 Å². The zero-order chi connectivity index (χ0) is 15.3. The van der Waals surface area contributed by atoms with E-state index in [9.17, 15) is 10.2 Å². The van der Waals surface area contributed by atoms with E-state index in [0.29, 0.717) is 17.6 Å². The summed E-state index contributed by atoms with van der Waals surface area (Å²) in [6, 6.07) is 6.00. The van der Waals surface area contributed by atoms with Gasteiger partial charge in [-0.05, 0) is 91.4 Å². The minimum Gasteiger partial charge on any atom is -0.508 e. The number of aryl methyl sites for hydroxylation is 1. The molecule has 2 nitrogen and oxygen atoms in total. The van der Waals surface area contributed by atoms with Crippen LogP contribution in [-0.4, -0.2) is 16.3 Å². The van der Waals surface area contributed by atoms with Gasteiger partial charge in [-0.1, -0.05) is 19.4 Å². The Labute approximate surface area is 133 Å². The van der Waals surface area contributed by atoms with Crippen molar-refractivity contribution in [3.8, 4) is 5.75 Å². The minimum atomic E-state index is -0.0698. The third-order valence-electron chi connectivity index (χ3n) is 7.10. The molecule has 5 atom stereocenters. The summed E-state index contributed by atoms with van der Waals surface area (Å²) in [7, 11) is 0. The van der Waals surface area contributed by atoms with E-state index in [1.54, 1.807) is 0 Å². The van der Waals surface area contributed by atoms with Crippen molar-refractivity contribution in [2.24, 2.45) is 17.3 Å². The second-order valence-electron chi connectivity index (χ2n) is 7.91. The van der Waals surface area contributed by atoms with Crippen molar-refractivity contribution in [1.29, 1.82) is 0 Å². The lowest BCUT2D eigenvalue weighted by molar-refractivity contribution is -0.0432. The molecule has 4 rings (SSSR count). The van der Waals surface area contributed by atoms with Crippen molar-refractivity contribution in [3.05, 3.63) is 29.3 Å². The number of aliphatic hydroxyl groups excluding tert-OH is 1. The van der Waals surface area contributed by atoms with Crippen LogP contribution in [0.4, 0.5) is 0 Å². The van der Waals surface area contributed by atoms with Gasteiger partial charge in [-0.2, -0.15) is 0 Å². The van der Waals surface area contributed by atoms with Gasteiger partial charge in [0.15, 0.2) is 0 Å². The van der Waals surface area contributed by atoms with Crippen molar-refractivity contribution in [3.63, 3.8) is 0 Å². The maximum Gasteiger partial charge on any atom is 0.115 e. The van der Waals surface area contributed by atoms with Crippen molar-refractivity contribution < 1.29 is 10.2 Å². The molecule has 3 aliphatic rings. The lowest BCUT2D eigenvalue weighted by Gasteiger charge is -2.51. The molecule has 0 heterocycles. The lowest BCUT2D eigenvalue weighted by Crippen LogP contribution is -2.45. The van der Waals surface area contributed by atoms with Gasteiger partial charge in [0.05, 0.1) is 6.10 Å². The van der Waals surface area contributed by atoms with Crippen LogP contribution in [0.1, 0.15) is 68.9 Å². The van der Waals surface area contributed by atoms with E-state index in [1.165, 1.54) is 49.7 Å². The van der Waals surface area contributed by atoms with Crippen LogP contribution in [0.2, 0.25) is 0 Å². The van der Waals surface area contributed by atoms with Crippen molar-refractivity contribution >= 4 is 0 Å². The molecule has 1 aromatic rings. The van der Waals surface area contributed by atoms with Gasteiger partial charge in [0, 0.05) is 0 Å². The molecule has 2 saturated carbocycles. The Hall–Kier alpha value is -1.02. The molecule has 1 aromatic carbocycles. The highest BCUT2D eigenvalue weighted by Gasteiger charge is 2.56. The molecule has 2 fully saturated rings. The molecule has 0 bridgehead atoms. The van der Waals surface area contributed by atoms with Crippen molar-refractivity contribution in [1.82, 2.24) is 0 Å². The number of aromatic hydroxyl groups is 1. The number of hydrogen-bond acceptors (Lipinski definition) is 2. The highest BCUT2D eigenvalue weighted by Crippen LogP contribution is 2.62. The third kappa shape index (κ3) is 1.96. The van der Waals surface area contributed by atoms with Crippen molar-refractivity contribution in [2.45, 2.75) is 70.3 Å². The molecule has 2 N–H and O–H groups in total. The summed E-state index contributed by atoms with van der Waals surface area (Å²) in [5.41, 5.74) is 3.06. The molecule has 0 amide bonds. The van der Waals surface area contributed by atoms with Crippen LogP contribution in [0.3, 0.4) is 0 Å². The van der Waals surface area contributed by atoms with E-state index in [-0.39, 0.29) is 11.5 Å². The standard InChI is InChI=1S/C20H28O2/c1-2-10-20-11-9-16-15-6-4-14(21)12-13(15)3-5-17(16)18(20)7-8-19(20)22/h4,6,12,16-19,21-22H,2-3,5,7-11H2,1H3/t16-,17-,18+,19?,20+/m1/s1. The topological polar surface area (TPSA) is 40.5 Å². The van der Waals surface area contributed by atoms with Crippen molar-refractivity contribution in [2.75, 3.05) is 0 Å². The van der Waals surface area contributed by atoms with Crippen LogP contribution >= 0.6 is 0 Å². The van der Waals surface area contributed by atoms with Crippen LogP contribution in [-0.2, 0) is 6.42 Å². The Balaban J connectivity index is 1.69. The predicted molar refractivity (Wildman–Crippen MR) is 88.0 cm³/mol. The highest BCUT2D eigenvalue weighted by molar-refractivity contribution is 5.40. The quantitative estimate of drug-likeness (QED) is 0.850. The van der Waals surface area contributed by atoms with E-state index in [0.717, 1.165) is 18.8 Å². The van der Waals surface area contributed by atoms with E-state index in [1.807, 2.05) is 12.1 Å². The summed E-state index contributed by atoms with van der Waals surface area (Å²) in [6.07, 6.45) is 9.29. The molecular weight excluding hydrogens is 272 g/mol. The first-order valence-corrected chi connectivity index (χ1v) is 9.15. The maximum absolute atomic E-state index is 10.7. The summed E-state index contributed by atoms with van der Waals surface area (Å²) in [6.45, 7) is 2.27. The van der Waals surface area contributed by atoms with Gasteiger partial charge < -0.3 is 10.2 Å². The van der Waals surface area contributed by atoms with Gasteiger partial charge in [-0.3, -0.25) is 0 Å². The van der Waals surface area contributed by atoms with E-state index < -0.39 is 0 Å². The molecule has 0 radical (unpaired) electrons. The number of rotatable bonds is 2. The zero-order valence-corrected chi connectivity index (χ0v) is 13.6. The smallest absolute Gasteiger partial charge is 0.115 e. The summed E-state index contributed by atoms with van der Waals surface area (Å²) in [5.74, 6) is 2.52. The summed E-state index contributed by atoms with van der Waals surface area (Å²) < 4.78 is 0. The van der Waals surface area contributed by atoms with Gasteiger partial charge in [0.1, 0.15) is 5.75 Å². The second-order valence-corrected chi connectivity index (χ2v) is 7.91. The maximum atomic E-state index is 10.7. The number of benzene rings is 1. The molecule has 0 saturated heterocycles. The molecule has 2 heteroatoms. The van der Waals surface area contributed by atoms with E-state index in [4.69, 9.17) is 0 Å². The van der Waals surface area contributed by atoms with Gasteiger partial charge >= 0.3 is 0 Å². The molecule has 0 aromatic heterocycles. The Kier molecular flexibility index (Phi) is 3.48. The normalized spacial score (nSPS) is 39.9. The SMILES string of the molecule is CCC[C@]12CC[C@@H]3c4ccc(O)cc4CC[C@H]3[C@@H]1CCC2O. The average Bonchev–Trinajstić information content (AvgIpc) is 2.84. The molecule has 0 aliphatic heterocycles. The highest BCUT2D eigenvalue weighted by atomic mass is 16.3. The van der Waals surface area contributed by atoms with E-state index in [2.05, 4.69) is 13.0 Å². The molecule has 3 aliphatic carbocycles. The van der Waals surface area contributed by atoms with Crippen LogP contribution in [0.5, 0.6) is 5.75 Å². The fraction of sp³-hybridized carbons (Fsp3) is 0.700. The number of phenolic OH excluding ortho intramolecular Hbond substituents is 1. The van der Waals surface area contributed by atoms with Crippen LogP contribution in [0.15, 0.2) is 18.2 Å². The fourth-order valence-electron chi connectivity index (χ4n) is 6.29. The average molecular weight is 300 g/mol. The van der Waals surface area contributed by atoms with E-state index >= 15 is 0 Å². The molecule has 120 valence electrons. The summed E-state index contributed by atoms with van der Waals surface area (Å²) in [4.78, 5) is 0. The Morgan fingerprint density at radius 1 is 1.18 bits per heavy atom. The van der Waals surface area contributed by atoms with Gasteiger partial charge in [-0.15, -0.1) is 0 Å². The minimum absolute atomic E-state index is 0.0698. The first-order valence-electron chi connectivity index (χ1n) is 9.15. The summed E-state index contributed by atoms with van der Waals surface area (Å²) in [5, 5.41) is 20.4. The second kappa shape index (κ2) is 5.26. The Morgan fingerprint density at radius 3 is 2.86 bits per heavy atom. The van der Waals surface area contributed by atoms with Crippen LogP contribution in [0, 0.1) is 17.3 Å². The molecule has 1 unspecified atom stereocenters. The fourth-order valence-corrected chi connectivity index (χ4v) is 6.29.